The molecule has 5 heteroatoms. The smallest absolute Gasteiger partial charge is 0.171 e. The molecule has 2 N–H and O–H groups in total. The molecule has 1 aromatic heterocycles. The van der Waals surface area contributed by atoms with Gasteiger partial charge in [-0.05, 0) is 12.8 Å². The largest absolute Gasteiger partial charge is 0.381 e. The van der Waals surface area contributed by atoms with E-state index in [1.54, 1.807) is 12.4 Å². The van der Waals surface area contributed by atoms with Gasteiger partial charge in [0, 0.05) is 18.9 Å². The second kappa shape index (κ2) is 3.77. The summed E-state index contributed by atoms with van der Waals surface area (Å²) in [5.41, 5.74) is 5.68. The zero-order chi connectivity index (χ0) is 9.97. The molecular weight excluding hydrogens is 183 g/mol. The Labute approximate surface area is 82.0 Å². The Bertz CT molecular complexity index is 317. The molecule has 0 amide bonds. The summed E-state index contributed by atoms with van der Waals surface area (Å²) < 4.78 is 12.6. The van der Waals surface area contributed by atoms with Crippen LogP contribution in [0.3, 0.4) is 0 Å². The van der Waals surface area contributed by atoms with Crippen LogP contribution in [-0.2, 0) is 0 Å². The van der Waals surface area contributed by atoms with Gasteiger partial charge in [-0.2, -0.15) is 0 Å². The van der Waals surface area contributed by atoms with Crippen LogP contribution in [0.1, 0.15) is 12.8 Å². The Kier molecular flexibility index (Phi) is 2.47. The third kappa shape index (κ3) is 1.49. The first-order valence-corrected chi connectivity index (χ1v) is 4.72. The Morgan fingerprint density at radius 2 is 2.29 bits per heavy atom. The van der Waals surface area contributed by atoms with Crippen molar-refractivity contribution < 1.29 is 4.39 Å². The monoisotopic (exact) mass is 196 g/mol. The van der Waals surface area contributed by atoms with Crippen LogP contribution in [0.25, 0.3) is 0 Å². The van der Waals surface area contributed by atoms with Crippen LogP contribution in [0.5, 0.6) is 0 Å². The minimum absolute atomic E-state index is 0.0750. The van der Waals surface area contributed by atoms with Crippen molar-refractivity contribution in [2.24, 2.45) is 0 Å². The molecule has 1 atom stereocenters. The second-order valence-electron chi connectivity index (χ2n) is 3.41. The summed E-state index contributed by atoms with van der Waals surface area (Å²) in [6, 6.07) is -0.0750. The number of halogens is 1. The van der Waals surface area contributed by atoms with Crippen LogP contribution < -0.4 is 10.6 Å². The Balaban J connectivity index is 2.26. The molecule has 1 fully saturated rings. The van der Waals surface area contributed by atoms with Gasteiger partial charge in [0.15, 0.2) is 11.6 Å². The predicted molar refractivity (Wildman–Crippen MR) is 52.8 cm³/mol. The number of aromatic nitrogens is 2. The predicted octanol–water partition coefficient (Wildman–Crippen LogP) is 0.997. The fourth-order valence-corrected chi connectivity index (χ4v) is 1.84. The van der Waals surface area contributed by atoms with Gasteiger partial charge in [-0.15, -0.1) is 0 Å². The average Bonchev–Trinajstić information content (AvgIpc) is 2.66. The average molecular weight is 196 g/mol. The van der Waals surface area contributed by atoms with Gasteiger partial charge >= 0.3 is 0 Å². The van der Waals surface area contributed by atoms with Gasteiger partial charge in [-0.3, -0.25) is 0 Å². The van der Waals surface area contributed by atoms with E-state index < -0.39 is 0 Å². The molecule has 0 aliphatic carbocycles. The fraction of sp³-hybridized carbons (Fsp3) is 0.556. The first kappa shape index (κ1) is 9.18. The van der Waals surface area contributed by atoms with E-state index in [1.807, 2.05) is 4.90 Å². The molecule has 2 rings (SSSR count). The van der Waals surface area contributed by atoms with Crippen LogP contribution in [0.2, 0.25) is 0 Å². The lowest BCUT2D eigenvalue weighted by Crippen LogP contribution is -2.32. The molecule has 0 spiro atoms. The van der Waals surface area contributed by atoms with Gasteiger partial charge in [0.1, 0.15) is 6.67 Å². The number of hydrogen-bond donors (Lipinski definition) is 1. The van der Waals surface area contributed by atoms with E-state index in [0.29, 0.717) is 11.6 Å². The van der Waals surface area contributed by atoms with Crippen molar-refractivity contribution in [2.45, 2.75) is 18.9 Å². The van der Waals surface area contributed by atoms with Gasteiger partial charge in [0.25, 0.3) is 0 Å². The highest BCUT2D eigenvalue weighted by molar-refractivity contribution is 5.58. The van der Waals surface area contributed by atoms with Crippen molar-refractivity contribution in [3.63, 3.8) is 0 Å². The number of hydrogen-bond acceptors (Lipinski definition) is 4. The molecule has 1 aliphatic heterocycles. The number of anilines is 2. The van der Waals surface area contributed by atoms with Crippen molar-refractivity contribution in [3.05, 3.63) is 12.4 Å². The third-order valence-electron chi connectivity index (χ3n) is 2.53. The maximum Gasteiger partial charge on any atom is 0.171 e. The zero-order valence-electron chi connectivity index (χ0n) is 7.86. The molecule has 0 radical (unpaired) electrons. The summed E-state index contributed by atoms with van der Waals surface area (Å²) in [5, 5.41) is 0. The van der Waals surface area contributed by atoms with E-state index >= 15 is 0 Å². The lowest BCUT2D eigenvalue weighted by Gasteiger charge is -2.23. The molecule has 0 bridgehead atoms. The molecule has 1 aliphatic rings. The summed E-state index contributed by atoms with van der Waals surface area (Å²) >= 11 is 0. The molecule has 0 aromatic carbocycles. The van der Waals surface area contributed by atoms with Crippen molar-refractivity contribution in [1.29, 1.82) is 0 Å². The molecular formula is C9H13FN4. The molecule has 76 valence electrons. The highest BCUT2D eigenvalue weighted by Gasteiger charge is 2.26. The molecule has 2 heterocycles. The van der Waals surface area contributed by atoms with Gasteiger partial charge in [-0.1, -0.05) is 0 Å². The van der Waals surface area contributed by atoms with E-state index in [9.17, 15) is 4.39 Å². The van der Waals surface area contributed by atoms with Gasteiger partial charge < -0.3 is 10.6 Å². The van der Waals surface area contributed by atoms with Crippen LogP contribution in [0, 0.1) is 0 Å². The number of rotatable bonds is 2. The first-order valence-electron chi connectivity index (χ1n) is 4.72. The molecule has 14 heavy (non-hydrogen) atoms. The van der Waals surface area contributed by atoms with Crippen LogP contribution in [-0.4, -0.2) is 29.2 Å². The highest BCUT2D eigenvalue weighted by atomic mass is 19.1. The Morgan fingerprint density at radius 3 is 3.00 bits per heavy atom. The van der Waals surface area contributed by atoms with Gasteiger partial charge in [-0.25, -0.2) is 14.4 Å². The molecule has 0 saturated carbocycles. The summed E-state index contributed by atoms with van der Waals surface area (Å²) in [5.74, 6) is 1.00. The van der Waals surface area contributed by atoms with Crippen LogP contribution in [0.15, 0.2) is 12.4 Å². The van der Waals surface area contributed by atoms with Gasteiger partial charge in [0.2, 0.25) is 0 Å². The number of alkyl halides is 1. The minimum Gasteiger partial charge on any atom is -0.381 e. The van der Waals surface area contributed by atoms with Crippen molar-refractivity contribution in [1.82, 2.24) is 9.97 Å². The fourth-order valence-electron chi connectivity index (χ4n) is 1.84. The van der Waals surface area contributed by atoms with E-state index in [4.69, 9.17) is 5.73 Å². The minimum atomic E-state index is -0.351. The van der Waals surface area contributed by atoms with E-state index in [0.717, 1.165) is 19.4 Å². The molecule has 1 aromatic rings. The summed E-state index contributed by atoms with van der Waals surface area (Å²) in [6.07, 6.45) is 4.98. The Morgan fingerprint density at radius 1 is 1.50 bits per heavy atom. The highest BCUT2D eigenvalue weighted by Crippen LogP contribution is 2.26. The van der Waals surface area contributed by atoms with Crippen LogP contribution in [0.4, 0.5) is 16.0 Å². The van der Waals surface area contributed by atoms with E-state index in [1.165, 1.54) is 0 Å². The zero-order valence-corrected chi connectivity index (χ0v) is 7.86. The lowest BCUT2D eigenvalue weighted by molar-refractivity contribution is 0.427. The molecule has 1 saturated heterocycles. The van der Waals surface area contributed by atoms with Crippen molar-refractivity contribution in [3.8, 4) is 0 Å². The Hall–Kier alpha value is -1.39. The number of nitrogen functional groups attached to an aromatic ring is 1. The lowest BCUT2D eigenvalue weighted by atomic mass is 10.2. The maximum atomic E-state index is 12.6. The number of nitrogens with two attached hydrogens (primary N) is 1. The quantitative estimate of drug-likeness (QED) is 0.766. The molecule has 4 nitrogen and oxygen atoms in total. The van der Waals surface area contributed by atoms with Crippen LogP contribution >= 0.6 is 0 Å². The SMILES string of the molecule is Nc1nccnc1N1CCCC1CF. The summed E-state index contributed by atoms with van der Waals surface area (Å²) in [4.78, 5) is 9.98. The van der Waals surface area contributed by atoms with E-state index in [2.05, 4.69) is 9.97 Å². The second-order valence-corrected chi connectivity index (χ2v) is 3.41. The third-order valence-corrected chi connectivity index (χ3v) is 2.53. The standard InChI is InChI=1S/C9H13FN4/c10-6-7-2-1-5-14(7)9-8(11)12-3-4-13-9/h3-4,7H,1-2,5-6H2,(H2,11,12). The maximum absolute atomic E-state index is 12.6. The number of nitrogens with zero attached hydrogens (tertiary/aromatic N) is 3. The normalized spacial score (nSPS) is 21.5. The first-order chi connectivity index (χ1) is 6.83. The van der Waals surface area contributed by atoms with Crippen molar-refractivity contribution >= 4 is 11.6 Å². The summed E-state index contributed by atoms with van der Waals surface area (Å²) in [6.45, 7) is 0.466. The van der Waals surface area contributed by atoms with Gasteiger partial charge in [0.05, 0.1) is 6.04 Å². The van der Waals surface area contributed by atoms with Crippen molar-refractivity contribution in [2.75, 3.05) is 23.9 Å². The topological polar surface area (TPSA) is 55.0 Å². The molecule has 1 unspecified atom stereocenters. The summed E-state index contributed by atoms with van der Waals surface area (Å²) in [7, 11) is 0. The van der Waals surface area contributed by atoms with E-state index in [-0.39, 0.29) is 12.7 Å².